The predicted molar refractivity (Wildman–Crippen MR) is 92.7 cm³/mol. The van der Waals surface area contributed by atoms with Gasteiger partial charge in [-0.3, -0.25) is 18.7 Å². The molecule has 0 N–H and O–H groups in total. The molecule has 1 aromatic carbocycles. The van der Waals surface area contributed by atoms with E-state index in [-0.39, 0.29) is 16.7 Å². The van der Waals surface area contributed by atoms with Crippen molar-refractivity contribution < 1.29 is 9.72 Å². The Balaban J connectivity index is 2.24. The number of nitro groups is 1. The Labute approximate surface area is 150 Å². The normalized spacial score (nSPS) is 11.0. The van der Waals surface area contributed by atoms with E-state index in [1.807, 2.05) is 0 Å². The number of carbonyl (C=O) groups is 1. The summed E-state index contributed by atoms with van der Waals surface area (Å²) in [6.45, 7) is -0.463. The minimum Gasteiger partial charge on any atom is -0.390 e. The number of halogens is 1. The summed E-state index contributed by atoms with van der Waals surface area (Å²) < 4.78 is 2.80. The van der Waals surface area contributed by atoms with Crippen LogP contribution in [0.15, 0.2) is 33.9 Å². The number of hydrogen-bond donors (Lipinski definition) is 0. The van der Waals surface area contributed by atoms with Crippen LogP contribution in [0.4, 0.5) is 5.95 Å². The first-order chi connectivity index (χ1) is 12.2. The van der Waals surface area contributed by atoms with Gasteiger partial charge in [-0.15, -0.1) is 0 Å². The second kappa shape index (κ2) is 6.23. The molecule has 134 valence electrons. The van der Waals surface area contributed by atoms with Crippen LogP contribution in [0.2, 0.25) is 5.02 Å². The number of aryl methyl sites for hydroxylation is 1. The van der Waals surface area contributed by atoms with Gasteiger partial charge in [0.15, 0.2) is 5.78 Å². The summed E-state index contributed by atoms with van der Waals surface area (Å²) in [6, 6.07) is 5.99. The van der Waals surface area contributed by atoms with E-state index in [0.717, 1.165) is 13.7 Å². The second-order valence-corrected chi connectivity index (χ2v) is 6.00. The van der Waals surface area contributed by atoms with Crippen molar-refractivity contribution >= 4 is 34.5 Å². The standard InChI is InChI=1S/C15H12ClN5O5/c1-18-12-11(13(23)19(2)15(18)24)17-14(21(25)26)20(12)7-10(22)8-3-5-9(16)6-4-8/h3-6H,7H2,1-2H3. The highest BCUT2D eigenvalue weighted by molar-refractivity contribution is 6.30. The van der Waals surface area contributed by atoms with Crippen molar-refractivity contribution in [2.24, 2.45) is 14.1 Å². The Morgan fingerprint density at radius 1 is 1.19 bits per heavy atom. The highest BCUT2D eigenvalue weighted by atomic mass is 35.5. The lowest BCUT2D eigenvalue weighted by Crippen LogP contribution is -2.37. The van der Waals surface area contributed by atoms with Crippen molar-refractivity contribution in [2.75, 3.05) is 0 Å². The molecule has 10 nitrogen and oxygen atoms in total. The van der Waals surface area contributed by atoms with Gasteiger partial charge in [-0.1, -0.05) is 16.6 Å². The zero-order chi connectivity index (χ0) is 19.2. The Morgan fingerprint density at radius 2 is 1.81 bits per heavy atom. The highest BCUT2D eigenvalue weighted by Gasteiger charge is 2.29. The highest BCUT2D eigenvalue weighted by Crippen LogP contribution is 2.19. The SMILES string of the molecule is Cn1c(=O)c2nc([N+](=O)[O-])n(CC(=O)c3ccc(Cl)cc3)c2n(C)c1=O. The van der Waals surface area contributed by atoms with Gasteiger partial charge in [0, 0.05) is 24.7 Å². The first kappa shape index (κ1) is 17.5. The molecular weight excluding hydrogens is 366 g/mol. The molecule has 0 spiro atoms. The summed E-state index contributed by atoms with van der Waals surface area (Å²) in [5.74, 6) is -1.15. The molecule has 0 fully saturated rings. The number of nitrogens with zero attached hydrogens (tertiary/aromatic N) is 5. The van der Waals surface area contributed by atoms with Gasteiger partial charge >= 0.3 is 17.2 Å². The number of rotatable bonds is 4. The topological polar surface area (TPSA) is 122 Å². The quantitative estimate of drug-likeness (QED) is 0.378. The first-order valence-corrected chi connectivity index (χ1v) is 7.69. The molecule has 0 aliphatic rings. The van der Waals surface area contributed by atoms with Crippen LogP contribution < -0.4 is 11.2 Å². The van der Waals surface area contributed by atoms with Crippen molar-refractivity contribution in [2.45, 2.75) is 6.54 Å². The first-order valence-electron chi connectivity index (χ1n) is 7.31. The number of fused-ring (bicyclic) bond motifs is 1. The summed E-state index contributed by atoms with van der Waals surface area (Å²) in [5.41, 5.74) is -1.53. The fraction of sp³-hybridized carbons (Fsp3) is 0.200. The molecule has 0 aliphatic heterocycles. The monoisotopic (exact) mass is 377 g/mol. The zero-order valence-corrected chi connectivity index (χ0v) is 14.4. The van der Waals surface area contributed by atoms with E-state index in [0.29, 0.717) is 5.02 Å². The third-order valence-electron chi connectivity index (χ3n) is 3.95. The second-order valence-electron chi connectivity index (χ2n) is 5.56. The Hall–Kier alpha value is -3.27. The summed E-state index contributed by atoms with van der Waals surface area (Å²) in [7, 11) is 2.59. The molecule has 2 heterocycles. The van der Waals surface area contributed by atoms with Gasteiger partial charge in [-0.25, -0.2) is 4.79 Å². The van der Waals surface area contributed by atoms with Crippen LogP contribution in [0, 0.1) is 10.1 Å². The van der Waals surface area contributed by atoms with Crippen LogP contribution >= 0.6 is 11.6 Å². The Bertz CT molecular complexity index is 1170. The van der Waals surface area contributed by atoms with Crippen molar-refractivity contribution in [1.29, 1.82) is 0 Å². The Morgan fingerprint density at radius 3 is 2.38 bits per heavy atom. The van der Waals surface area contributed by atoms with Gasteiger partial charge in [-0.2, -0.15) is 4.57 Å². The lowest BCUT2D eigenvalue weighted by Gasteiger charge is -2.06. The number of carbonyl (C=O) groups excluding carboxylic acids is 1. The molecule has 2 aromatic heterocycles. The summed E-state index contributed by atoms with van der Waals surface area (Å²) in [5, 5.41) is 11.8. The van der Waals surface area contributed by atoms with Crippen molar-refractivity contribution in [3.63, 3.8) is 0 Å². The van der Waals surface area contributed by atoms with Crippen molar-refractivity contribution in [3.8, 4) is 0 Å². The number of aromatic nitrogens is 4. The molecule has 0 amide bonds. The number of hydrogen-bond acceptors (Lipinski definition) is 6. The van der Waals surface area contributed by atoms with E-state index in [1.165, 1.54) is 38.4 Å². The summed E-state index contributed by atoms with van der Waals surface area (Å²) in [6.07, 6.45) is 0. The van der Waals surface area contributed by atoms with E-state index in [2.05, 4.69) is 4.98 Å². The van der Waals surface area contributed by atoms with Crippen molar-refractivity contribution in [3.05, 3.63) is 65.8 Å². The fourth-order valence-corrected chi connectivity index (χ4v) is 2.76. The van der Waals surface area contributed by atoms with Gasteiger partial charge in [-0.05, 0) is 29.2 Å². The van der Waals surface area contributed by atoms with Gasteiger partial charge in [0.1, 0.15) is 6.54 Å². The number of imidazole rings is 1. The average molecular weight is 378 g/mol. The number of benzene rings is 1. The number of Topliss-reactive ketones (excluding diaryl/α,β-unsaturated/α-hetero) is 1. The molecule has 0 radical (unpaired) electrons. The largest absolute Gasteiger partial charge is 0.437 e. The van der Waals surface area contributed by atoms with Crippen molar-refractivity contribution in [1.82, 2.24) is 18.7 Å². The smallest absolute Gasteiger partial charge is 0.390 e. The maximum Gasteiger partial charge on any atom is 0.437 e. The summed E-state index contributed by atoms with van der Waals surface area (Å²) in [4.78, 5) is 51.2. The molecule has 3 rings (SSSR count). The molecular formula is C15H12ClN5O5. The lowest BCUT2D eigenvalue weighted by molar-refractivity contribution is -0.396. The minimum atomic E-state index is -0.806. The van der Waals surface area contributed by atoms with E-state index in [4.69, 9.17) is 11.6 Å². The predicted octanol–water partition coefficient (Wildman–Crippen LogP) is 0.878. The number of ketones is 1. The van der Waals surface area contributed by atoms with E-state index in [9.17, 15) is 24.5 Å². The maximum atomic E-state index is 12.5. The summed E-state index contributed by atoms with van der Waals surface area (Å²) >= 11 is 5.78. The molecule has 0 bridgehead atoms. The zero-order valence-electron chi connectivity index (χ0n) is 13.7. The Kier molecular flexibility index (Phi) is 4.20. The van der Waals surface area contributed by atoms with Crippen LogP contribution in [-0.2, 0) is 20.6 Å². The van der Waals surface area contributed by atoms with E-state index < -0.39 is 34.4 Å². The van der Waals surface area contributed by atoms with Crippen LogP contribution in [0.3, 0.4) is 0 Å². The van der Waals surface area contributed by atoms with Gasteiger partial charge < -0.3 is 10.1 Å². The fourth-order valence-electron chi connectivity index (χ4n) is 2.63. The van der Waals surface area contributed by atoms with Crippen LogP contribution in [0.25, 0.3) is 11.2 Å². The van der Waals surface area contributed by atoms with Gasteiger partial charge in [0.05, 0.1) is 0 Å². The third kappa shape index (κ3) is 2.69. The van der Waals surface area contributed by atoms with E-state index >= 15 is 0 Å². The van der Waals surface area contributed by atoms with E-state index in [1.54, 1.807) is 0 Å². The third-order valence-corrected chi connectivity index (χ3v) is 4.20. The molecule has 11 heteroatoms. The lowest BCUT2D eigenvalue weighted by atomic mass is 10.1. The molecule has 0 atom stereocenters. The van der Waals surface area contributed by atoms with Gasteiger partial charge in [0.2, 0.25) is 5.65 Å². The molecule has 0 saturated heterocycles. The molecule has 26 heavy (non-hydrogen) atoms. The molecule has 0 saturated carbocycles. The average Bonchev–Trinajstić information content (AvgIpc) is 2.98. The van der Waals surface area contributed by atoms with Crippen LogP contribution in [0.5, 0.6) is 0 Å². The van der Waals surface area contributed by atoms with Crippen LogP contribution in [0.1, 0.15) is 10.4 Å². The molecule has 0 unspecified atom stereocenters. The minimum absolute atomic E-state index is 0.0906. The van der Waals surface area contributed by atoms with Crippen LogP contribution in [-0.4, -0.2) is 29.4 Å². The van der Waals surface area contributed by atoms with Gasteiger partial charge in [0.25, 0.3) is 5.52 Å². The molecule has 0 aliphatic carbocycles. The maximum absolute atomic E-state index is 12.5. The molecule has 3 aromatic rings.